The third-order valence-corrected chi connectivity index (χ3v) is 2.44. The fraction of sp³-hybridized carbons (Fsp3) is 0.364. The highest BCUT2D eigenvalue weighted by atomic mass is 16.1. The summed E-state index contributed by atoms with van der Waals surface area (Å²) in [4.78, 5) is 11.5. The Hall–Kier alpha value is -1.11. The summed E-state index contributed by atoms with van der Waals surface area (Å²) in [6.45, 7) is 0. The van der Waals surface area contributed by atoms with Crippen molar-refractivity contribution < 1.29 is 4.79 Å². The molecule has 0 aliphatic heterocycles. The first kappa shape index (κ1) is 7.53. The van der Waals surface area contributed by atoms with E-state index in [4.69, 9.17) is 0 Å². The molecule has 0 N–H and O–H groups in total. The molecule has 0 aromatic carbocycles. The Balaban J connectivity index is 2.38. The molecule has 0 aromatic heterocycles. The monoisotopic (exact) mass is 160 g/mol. The van der Waals surface area contributed by atoms with Gasteiger partial charge in [0.05, 0.1) is 0 Å². The molecule has 0 amide bonds. The fourth-order valence-electron chi connectivity index (χ4n) is 1.79. The molecular weight excluding hydrogens is 148 g/mol. The fourth-order valence-corrected chi connectivity index (χ4v) is 1.79. The summed E-state index contributed by atoms with van der Waals surface area (Å²) in [6.07, 6.45) is 11.9. The number of hydrogen-bond acceptors (Lipinski definition) is 1. The van der Waals surface area contributed by atoms with Gasteiger partial charge < -0.3 is 0 Å². The van der Waals surface area contributed by atoms with E-state index in [2.05, 4.69) is 12.2 Å². The third kappa shape index (κ3) is 1.27. The Morgan fingerprint density at radius 1 is 1.17 bits per heavy atom. The number of allylic oxidation sites excluding steroid dienone is 6. The molecule has 0 heterocycles. The molecular formula is C11H12O. The zero-order chi connectivity index (χ0) is 8.39. The van der Waals surface area contributed by atoms with Gasteiger partial charge in [0.1, 0.15) is 0 Å². The van der Waals surface area contributed by atoms with Crippen LogP contribution in [0.5, 0.6) is 0 Å². The highest BCUT2D eigenvalue weighted by molar-refractivity contribution is 5.97. The second-order valence-corrected chi connectivity index (χ2v) is 3.27. The van der Waals surface area contributed by atoms with Crippen molar-refractivity contribution in [1.29, 1.82) is 0 Å². The van der Waals surface area contributed by atoms with Crippen LogP contribution >= 0.6 is 0 Å². The molecule has 0 spiro atoms. The number of rotatable bonds is 0. The molecule has 2 aliphatic carbocycles. The van der Waals surface area contributed by atoms with E-state index in [9.17, 15) is 4.79 Å². The van der Waals surface area contributed by atoms with Crippen molar-refractivity contribution in [2.75, 3.05) is 0 Å². The van der Waals surface area contributed by atoms with Crippen molar-refractivity contribution in [1.82, 2.24) is 0 Å². The Labute approximate surface area is 72.5 Å². The first-order valence-electron chi connectivity index (χ1n) is 4.46. The molecule has 0 fully saturated rings. The van der Waals surface area contributed by atoms with Gasteiger partial charge in [-0.1, -0.05) is 24.3 Å². The molecule has 1 nitrogen and oxygen atoms in total. The number of hydrogen-bond donors (Lipinski definition) is 0. The minimum absolute atomic E-state index is 0.354. The molecule has 0 radical (unpaired) electrons. The second kappa shape index (κ2) is 3.10. The van der Waals surface area contributed by atoms with Crippen molar-refractivity contribution >= 4 is 5.78 Å². The van der Waals surface area contributed by atoms with E-state index in [1.165, 1.54) is 5.57 Å². The van der Waals surface area contributed by atoms with Gasteiger partial charge in [-0.25, -0.2) is 0 Å². The summed E-state index contributed by atoms with van der Waals surface area (Å²) in [6, 6.07) is 0. The van der Waals surface area contributed by atoms with Crippen molar-refractivity contribution in [3.63, 3.8) is 0 Å². The first-order chi connectivity index (χ1) is 5.88. The number of ketones is 1. The molecule has 0 aromatic rings. The van der Waals surface area contributed by atoms with Gasteiger partial charge in [-0.2, -0.15) is 0 Å². The van der Waals surface area contributed by atoms with Gasteiger partial charge in [-0.15, -0.1) is 0 Å². The second-order valence-electron chi connectivity index (χ2n) is 3.27. The van der Waals surface area contributed by atoms with Gasteiger partial charge in [-0.3, -0.25) is 4.79 Å². The number of carbonyl (C=O) groups is 1. The first-order valence-corrected chi connectivity index (χ1v) is 4.46. The van der Waals surface area contributed by atoms with Gasteiger partial charge in [0.2, 0.25) is 0 Å². The number of Topliss-reactive ketones (excluding diaryl/α,β-unsaturated/α-hetero) is 1. The van der Waals surface area contributed by atoms with Crippen LogP contribution in [-0.4, -0.2) is 5.78 Å². The van der Waals surface area contributed by atoms with Crippen molar-refractivity contribution in [2.24, 2.45) is 0 Å². The number of carbonyl (C=O) groups excluding carboxylic acids is 1. The van der Waals surface area contributed by atoms with Crippen LogP contribution in [-0.2, 0) is 4.79 Å². The summed E-state index contributed by atoms with van der Waals surface area (Å²) in [5.41, 5.74) is 2.31. The van der Waals surface area contributed by atoms with Crippen LogP contribution in [0.3, 0.4) is 0 Å². The van der Waals surface area contributed by atoms with E-state index in [0.717, 1.165) is 31.3 Å². The summed E-state index contributed by atoms with van der Waals surface area (Å²) in [7, 11) is 0. The maximum absolute atomic E-state index is 11.5. The highest BCUT2D eigenvalue weighted by Crippen LogP contribution is 2.26. The minimum Gasteiger partial charge on any atom is -0.295 e. The lowest BCUT2D eigenvalue weighted by Gasteiger charge is -2.14. The summed E-state index contributed by atoms with van der Waals surface area (Å²) < 4.78 is 0. The van der Waals surface area contributed by atoms with Gasteiger partial charge in [0, 0.05) is 12.0 Å². The molecule has 2 rings (SSSR count). The lowest BCUT2D eigenvalue weighted by molar-refractivity contribution is -0.116. The van der Waals surface area contributed by atoms with Crippen molar-refractivity contribution in [3.05, 3.63) is 35.5 Å². The molecule has 62 valence electrons. The van der Waals surface area contributed by atoms with Gasteiger partial charge >= 0.3 is 0 Å². The standard InChI is InChI=1S/C11H12O/c12-11-8-4-6-9-5-2-1-3-7-10(9)11/h1-3,5H,4,6-8H2. The SMILES string of the molecule is O=C1CCCC2=C1CC=CC=C2. The summed E-state index contributed by atoms with van der Waals surface area (Å²) >= 11 is 0. The molecule has 0 unspecified atom stereocenters. The van der Waals surface area contributed by atoms with Crippen LogP contribution in [0.15, 0.2) is 35.5 Å². The molecule has 0 saturated heterocycles. The maximum atomic E-state index is 11.5. The summed E-state index contributed by atoms with van der Waals surface area (Å²) in [5.74, 6) is 0.354. The lowest BCUT2D eigenvalue weighted by Crippen LogP contribution is -2.09. The Morgan fingerprint density at radius 2 is 2.08 bits per heavy atom. The molecule has 0 bridgehead atoms. The maximum Gasteiger partial charge on any atom is 0.159 e. The zero-order valence-electron chi connectivity index (χ0n) is 7.05. The third-order valence-electron chi connectivity index (χ3n) is 2.44. The molecule has 0 atom stereocenters. The van der Waals surface area contributed by atoms with E-state index in [-0.39, 0.29) is 0 Å². The predicted octanol–water partition coefficient (Wildman–Crippen LogP) is 2.55. The van der Waals surface area contributed by atoms with Gasteiger partial charge in [-0.05, 0) is 24.8 Å². The van der Waals surface area contributed by atoms with E-state index < -0.39 is 0 Å². The van der Waals surface area contributed by atoms with E-state index >= 15 is 0 Å². The van der Waals surface area contributed by atoms with Gasteiger partial charge in [0.15, 0.2) is 5.78 Å². The topological polar surface area (TPSA) is 17.1 Å². The molecule has 2 aliphatic rings. The normalized spacial score (nSPS) is 22.5. The molecule has 0 saturated carbocycles. The van der Waals surface area contributed by atoms with Crippen LogP contribution in [0.4, 0.5) is 0 Å². The Kier molecular flexibility index (Phi) is 1.94. The largest absolute Gasteiger partial charge is 0.295 e. The lowest BCUT2D eigenvalue weighted by atomic mass is 9.89. The Bertz CT molecular complexity index is 292. The van der Waals surface area contributed by atoms with Crippen LogP contribution < -0.4 is 0 Å². The highest BCUT2D eigenvalue weighted by Gasteiger charge is 2.17. The van der Waals surface area contributed by atoms with Crippen molar-refractivity contribution in [2.45, 2.75) is 25.7 Å². The minimum atomic E-state index is 0.354. The average molecular weight is 160 g/mol. The van der Waals surface area contributed by atoms with Crippen molar-refractivity contribution in [3.8, 4) is 0 Å². The summed E-state index contributed by atoms with van der Waals surface area (Å²) in [5, 5.41) is 0. The van der Waals surface area contributed by atoms with E-state index in [1.807, 2.05) is 12.2 Å². The van der Waals surface area contributed by atoms with Gasteiger partial charge in [0.25, 0.3) is 0 Å². The average Bonchev–Trinajstić information content (AvgIpc) is 2.30. The van der Waals surface area contributed by atoms with E-state index in [1.54, 1.807) is 0 Å². The van der Waals surface area contributed by atoms with Crippen LogP contribution in [0, 0.1) is 0 Å². The molecule has 1 heteroatoms. The zero-order valence-corrected chi connectivity index (χ0v) is 7.05. The van der Waals surface area contributed by atoms with Crippen LogP contribution in [0.25, 0.3) is 0 Å². The quantitative estimate of drug-likeness (QED) is 0.532. The Morgan fingerprint density at radius 3 is 3.00 bits per heavy atom. The smallest absolute Gasteiger partial charge is 0.159 e. The van der Waals surface area contributed by atoms with Crippen LogP contribution in [0.2, 0.25) is 0 Å². The van der Waals surface area contributed by atoms with E-state index in [0.29, 0.717) is 5.78 Å². The molecule has 12 heavy (non-hydrogen) atoms. The van der Waals surface area contributed by atoms with Crippen LogP contribution in [0.1, 0.15) is 25.7 Å². The predicted molar refractivity (Wildman–Crippen MR) is 48.8 cm³/mol.